The van der Waals surface area contributed by atoms with Crippen LogP contribution in [0.3, 0.4) is 0 Å². The van der Waals surface area contributed by atoms with E-state index in [1.54, 1.807) is 0 Å². The molecule has 7 heteroatoms. The lowest BCUT2D eigenvalue weighted by Gasteiger charge is -2.24. The zero-order chi connectivity index (χ0) is 24.1. The summed E-state index contributed by atoms with van der Waals surface area (Å²) >= 11 is 0. The summed E-state index contributed by atoms with van der Waals surface area (Å²) in [5, 5.41) is 14.9. The summed E-state index contributed by atoms with van der Waals surface area (Å²) < 4.78 is 5.64. The van der Waals surface area contributed by atoms with Crippen molar-refractivity contribution in [3.63, 3.8) is 0 Å². The molecule has 2 aromatic rings. The third kappa shape index (κ3) is 5.24. The number of fused-ring (bicyclic) bond motifs is 3. The van der Waals surface area contributed by atoms with E-state index in [1.165, 1.54) is 11.1 Å². The first-order valence-electron chi connectivity index (χ1n) is 12.1. The molecule has 4 rings (SSSR count). The van der Waals surface area contributed by atoms with Crippen molar-refractivity contribution in [1.29, 1.82) is 0 Å². The fourth-order valence-corrected chi connectivity index (χ4v) is 5.33. The number of hydrogen-bond acceptors (Lipinski definition) is 4. The second-order valence-electron chi connectivity index (χ2n) is 9.21. The molecule has 2 aromatic carbocycles. The van der Waals surface area contributed by atoms with Crippen molar-refractivity contribution in [3.05, 3.63) is 59.7 Å². The predicted octanol–water partition coefficient (Wildman–Crippen LogP) is 4.45. The third-order valence-corrected chi connectivity index (χ3v) is 6.90. The Morgan fingerprint density at radius 2 is 1.68 bits per heavy atom. The van der Waals surface area contributed by atoms with Crippen LogP contribution >= 0.6 is 0 Å². The topological polar surface area (TPSA) is 105 Å². The van der Waals surface area contributed by atoms with E-state index in [-0.39, 0.29) is 36.8 Å². The summed E-state index contributed by atoms with van der Waals surface area (Å²) in [6, 6.07) is 15.6. The molecule has 2 unspecified atom stereocenters. The standard InChI is InChI=1S/C27H32N2O5/c1-2-8-17(15-25(30)31)28-26(32)22-13-7-14-24(22)29-27(33)34-16-23-20-11-5-3-9-18(20)19-10-4-6-12-21(19)23/h3-6,9-12,17,22-24H,2,7-8,13-16H2,1H3,(H,28,32)(H,29,33)(H,30,31)/t17-,22?,24?/m1/s1. The number of alkyl carbamates (subject to hydrolysis) is 1. The van der Waals surface area contributed by atoms with Crippen molar-refractivity contribution < 1.29 is 24.2 Å². The maximum absolute atomic E-state index is 12.8. The van der Waals surface area contributed by atoms with E-state index in [0.29, 0.717) is 19.3 Å². The van der Waals surface area contributed by atoms with Gasteiger partial charge in [0.1, 0.15) is 6.61 Å². The number of carbonyl (C=O) groups excluding carboxylic acids is 2. The van der Waals surface area contributed by atoms with Crippen LogP contribution in [0, 0.1) is 5.92 Å². The van der Waals surface area contributed by atoms with Gasteiger partial charge < -0.3 is 20.5 Å². The van der Waals surface area contributed by atoms with Crippen molar-refractivity contribution >= 4 is 18.0 Å². The lowest BCUT2D eigenvalue weighted by molar-refractivity contribution is -0.137. The van der Waals surface area contributed by atoms with Crippen molar-refractivity contribution in [2.75, 3.05) is 6.61 Å². The van der Waals surface area contributed by atoms with Crippen molar-refractivity contribution in [2.24, 2.45) is 5.92 Å². The number of rotatable bonds is 9. The van der Waals surface area contributed by atoms with Crippen LogP contribution in [0.4, 0.5) is 4.79 Å². The van der Waals surface area contributed by atoms with E-state index in [1.807, 2.05) is 31.2 Å². The number of amides is 2. The Balaban J connectivity index is 1.35. The highest BCUT2D eigenvalue weighted by molar-refractivity contribution is 5.82. The van der Waals surface area contributed by atoms with E-state index < -0.39 is 18.1 Å². The van der Waals surface area contributed by atoms with Crippen molar-refractivity contribution in [1.82, 2.24) is 10.6 Å². The molecule has 2 amide bonds. The first-order valence-corrected chi connectivity index (χ1v) is 12.1. The number of aliphatic carboxylic acids is 1. The minimum absolute atomic E-state index is 0.0216. The molecule has 2 aliphatic rings. The van der Waals surface area contributed by atoms with E-state index in [2.05, 4.69) is 34.9 Å². The number of nitrogens with one attached hydrogen (secondary N) is 2. The monoisotopic (exact) mass is 464 g/mol. The fourth-order valence-electron chi connectivity index (χ4n) is 5.33. The maximum atomic E-state index is 12.8. The molecular weight excluding hydrogens is 432 g/mol. The van der Waals surface area contributed by atoms with Gasteiger partial charge in [-0.05, 0) is 41.5 Å². The highest BCUT2D eigenvalue weighted by Crippen LogP contribution is 2.44. The van der Waals surface area contributed by atoms with Crippen LogP contribution in [0.5, 0.6) is 0 Å². The van der Waals surface area contributed by atoms with E-state index >= 15 is 0 Å². The molecule has 2 aliphatic carbocycles. The van der Waals surface area contributed by atoms with Crippen LogP contribution in [0.2, 0.25) is 0 Å². The summed E-state index contributed by atoms with van der Waals surface area (Å²) in [4.78, 5) is 36.6. The molecule has 0 heterocycles. The lowest BCUT2D eigenvalue weighted by Crippen LogP contribution is -2.47. The van der Waals surface area contributed by atoms with Crippen LogP contribution in [-0.4, -0.2) is 41.8 Å². The minimum Gasteiger partial charge on any atom is -0.481 e. The summed E-state index contributed by atoms with van der Waals surface area (Å²) in [5.41, 5.74) is 4.63. The van der Waals surface area contributed by atoms with E-state index in [4.69, 9.17) is 9.84 Å². The molecule has 0 saturated heterocycles. The van der Waals surface area contributed by atoms with Crippen LogP contribution in [-0.2, 0) is 14.3 Å². The number of carboxylic acid groups (broad SMARTS) is 1. The van der Waals surface area contributed by atoms with Gasteiger partial charge in [0.2, 0.25) is 5.91 Å². The van der Waals surface area contributed by atoms with Crippen LogP contribution in [0.15, 0.2) is 48.5 Å². The normalized spacial score (nSPS) is 19.7. The van der Waals surface area contributed by atoms with E-state index in [9.17, 15) is 14.4 Å². The molecule has 0 aliphatic heterocycles. The predicted molar refractivity (Wildman–Crippen MR) is 128 cm³/mol. The Labute approximate surface area is 199 Å². The van der Waals surface area contributed by atoms with Crippen LogP contribution in [0.1, 0.15) is 62.5 Å². The molecule has 3 N–H and O–H groups in total. The van der Waals surface area contributed by atoms with Gasteiger partial charge in [0.15, 0.2) is 0 Å². The number of carbonyl (C=O) groups is 3. The average Bonchev–Trinajstić information content (AvgIpc) is 3.40. The number of carboxylic acids is 1. The molecule has 1 fully saturated rings. The van der Waals surface area contributed by atoms with Crippen molar-refractivity contribution in [2.45, 2.75) is 63.5 Å². The zero-order valence-corrected chi connectivity index (χ0v) is 19.5. The first kappa shape index (κ1) is 23.8. The van der Waals surface area contributed by atoms with Gasteiger partial charge in [-0.15, -0.1) is 0 Å². The molecule has 0 spiro atoms. The molecule has 180 valence electrons. The van der Waals surface area contributed by atoms with Crippen LogP contribution in [0.25, 0.3) is 11.1 Å². The quantitative estimate of drug-likeness (QED) is 0.508. The number of benzene rings is 2. The number of hydrogen-bond donors (Lipinski definition) is 3. The Kier molecular flexibility index (Phi) is 7.50. The average molecular weight is 465 g/mol. The van der Waals surface area contributed by atoms with Gasteiger partial charge in [0, 0.05) is 18.0 Å². The van der Waals surface area contributed by atoms with Gasteiger partial charge in [-0.25, -0.2) is 4.79 Å². The largest absolute Gasteiger partial charge is 0.481 e. The molecular formula is C27H32N2O5. The highest BCUT2D eigenvalue weighted by Gasteiger charge is 2.36. The zero-order valence-electron chi connectivity index (χ0n) is 19.5. The Morgan fingerprint density at radius 3 is 2.29 bits per heavy atom. The second-order valence-corrected chi connectivity index (χ2v) is 9.21. The summed E-state index contributed by atoms with van der Waals surface area (Å²) in [5.74, 6) is -1.53. The number of ether oxygens (including phenoxy) is 1. The Bertz CT molecular complexity index is 1010. The summed E-state index contributed by atoms with van der Waals surface area (Å²) in [6.07, 6.45) is 2.94. The van der Waals surface area contributed by atoms with Gasteiger partial charge in [-0.1, -0.05) is 68.3 Å². The fraction of sp³-hybridized carbons (Fsp3) is 0.444. The molecule has 0 aromatic heterocycles. The smallest absolute Gasteiger partial charge is 0.407 e. The van der Waals surface area contributed by atoms with Crippen molar-refractivity contribution in [3.8, 4) is 11.1 Å². The summed E-state index contributed by atoms with van der Waals surface area (Å²) in [6.45, 7) is 2.18. The molecule has 7 nitrogen and oxygen atoms in total. The maximum Gasteiger partial charge on any atom is 0.407 e. The van der Waals surface area contributed by atoms with E-state index in [0.717, 1.165) is 24.0 Å². The Hall–Kier alpha value is -3.35. The Morgan fingerprint density at radius 1 is 1.03 bits per heavy atom. The molecule has 1 saturated carbocycles. The SMILES string of the molecule is CCC[C@H](CC(=O)O)NC(=O)C1CCCC1NC(=O)OCC1c2ccccc2-c2ccccc21. The van der Waals surface area contributed by atoms with Gasteiger partial charge >= 0.3 is 12.1 Å². The lowest BCUT2D eigenvalue weighted by atomic mass is 9.98. The van der Waals surface area contributed by atoms with Gasteiger partial charge in [0.05, 0.1) is 12.3 Å². The summed E-state index contributed by atoms with van der Waals surface area (Å²) in [7, 11) is 0. The highest BCUT2D eigenvalue weighted by atomic mass is 16.5. The van der Waals surface area contributed by atoms with Crippen LogP contribution < -0.4 is 10.6 Å². The van der Waals surface area contributed by atoms with Gasteiger partial charge in [-0.3, -0.25) is 9.59 Å². The second kappa shape index (κ2) is 10.7. The molecule has 3 atom stereocenters. The third-order valence-electron chi connectivity index (χ3n) is 6.90. The minimum atomic E-state index is -0.932. The van der Waals surface area contributed by atoms with Gasteiger partial charge in [-0.2, -0.15) is 0 Å². The molecule has 0 bridgehead atoms. The first-order chi connectivity index (χ1) is 16.5. The molecule has 34 heavy (non-hydrogen) atoms. The van der Waals surface area contributed by atoms with Gasteiger partial charge in [0.25, 0.3) is 0 Å². The molecule has 0 radical (unpaired) electrons.